The number of amides is 1. The highest BCUT2D eigenvalue weighted by Crippen LogP contribution is 2.45. The minimum absolute atomic E-state index is 0.164. The summed E-state index contributed by atoms with van der Waals surface area (Å²) >= 11 is 0. The van der Waals surface area contributed by atoms with Gasteiger partial charge in [0.05, 0.1) is 5.69 Å². The van der Waals surface area contributed by atoms with Crippen molar-refractivity contribution in [2.75, 3.05) is 5.32 Å². The fraction of sp³-hybridized carbons (Fsp3) is 0.356. The minimum atomic E-state index is -0.334. The first-order chi connectivity index (χ1) is 23.2. The summed E-state index contributed by atoms with van der Waals surface area (Å²) in [5.74, 6) is 1.05. The van der Waals surface area contributed by atoms with Crippen LogP contribution in [0.3, 0.4) is 0 Å². The molecule has 0 saturated heterocycles. The molecule has 48 heavy (non-hydrogen) atoms. The van der Waals surface area contributed by atoms with E-state index in [1.165, 1.54) is 66.8 Å². The molecule has 0 spiro atoms. The Hall–Kier alpha value is -4.24. The van der Waals surface area contributed by atoms with E-state index in [0.717, 1.165) is 34.6 Å². The van der Waals surface area contributed by atoms with Gasteiger partial charge in [0.1, 0.15) is 5.82 Å². The van der Waals surface area contributed by atoms with Crippen LogP contribution in [0.4, 0.5) is 10.1 Å². The second-order valence-corrected chi connectivity index (χ2v) is 13.9. The fourth-order valence-corrected chi connectivity index (χ4v) is 6.20. The molecule has 0 bridgehead atoms. The Morgan fingerprint density at radius 1 is 0.854 bits per heavy atom. The second-order valence-electron chi connectivity index (χ2n) is 13.9. The van der Waals surface area contributed by atoms with Crippen molar-refractivity contribution in [3.8, 4) is 22.3 Å². The summed E-state index contributed by atoms with van der Waals surface area (Å²) in [4.78, 5) is 12.9. The molecule has 1 amide bonds. The Morgan fingerprint density at radius 2 is 1.50 bits per heavy atom. The maximum absolute atomic E-state index is 15.3. The molecule has 0 aromatic heterocycles. The number of carbonyl (C=O) groups excluding carboxylic acids is 1. The van der Waals surface area contributed by atoms with E-state index >= 15 is 4.39 Å². The highest BCUT2D eigenvalue weighted by Gasteiger charge is 2.29. The number of benzene rings is 4. The highest BCUT2D eigenvalue weighted by molar-refractivity contribution is 6.32. The van der Waals surface area contributed by atoms with Crippen molar-refractivity contribution in [3.05, 3.63) is 130 Å². The lowest BCUT2D eigenvalue weighted by Gasteiger charge is -2.13. The van der Waals surface area contributed by atoms with Gasteiger partial charge in [0.25, 0.3) is 5.91 Å². The average molecular weight is 642 g/mol. The van der Waals surface area contributed by atoms with Crippen molar-refractivity contribution in [1.82, 2.24) is 0 Å². The van der Waals surface area contributed by atoms with Gasteiger partial charge in [0, 0.05) is 16.7 Å². The smallest absolute Gasteiger partial charge is 0.256 e. The van der Waals surface area contributed by atoms with Gasteiger partial charge in [-0.15, -0.1) is 0 Å². The summed E-state index contributed by atoms with van der Waals surface area (Å²) in [5, 5.41) is 2.87. The van der Waals surface area contributed by atoms with Gasteiger partial charge >= 0.3 is 0 Å². The monoisotopic (exact) mass is 641 g/mol. The Balaban J connectivity index is 0.000000351. The molecule has 4 aromatic carbocycles. The van der Waals surface area contributed by atoms with Crippen molar-refractivity contribution in [1.29, 1.82) is 0 Å². The molecule has 2 fully saturated rings. The number of fused-ring (bicyclic) bond motifs is 1. The molecule has 2 saturated carbocycles. The number of anilines is 1. The topological polar surface area (TPSA) is 29.1 Å². The molecule has 3 heteroatoms. The maximum Gasteiger partial charge on any atom is 0.256 e. The van der Waals surface area contributed by atoms with Crippen molar-refractivity contribution in [3.63, 3.8) is 0 Å². The lowest BCUT2D eigenvalue weighted by Crippen LogP contribution is -2.06. The van der Waals surface area contributed by atoms with Gasteiger partial charge in [-0.25, -0.2) is 4.39 Å². The summed E-state index contributed by atoms with van der Waals surface area (Å²) in [5.41, 5.74) is 12.2. The quantitative estimate of drug-likeness (QED) is 0.158. The lowest BCUT2D eigenvalue weighted by atomic mass is 9.92. The summed E-state index contributed by atoms with van der Waals surface area (Å²) in [7, 11) is 0. The van der Waals surface area contributed by atoms with Crippen molar-refractivity contribution in [2.24, 2.45) is 5.92 Å². The number of halogens is 1. The second kappa shape index (κ2) is 16.2. The lowest BCUT2D eigenvalue weighted by molar-refractivity contribution is -0.110. The van der Waals surface area contributed by atoms with E-state index in [2.05, 4.69) is 107 Å². The minimum Gasteiger partial charge on any atom is -0.321 e. The first-order valence-corrected chi connectivity index (χ1v) is 18.0. The number of rotatable bonds is 7. The van der Waals surface area contributed by atoms with Crippen LogP contribution in [0.15, 0.2) is 102 Å². The highest BCUT2D eigenvalue weighted by atomic mass is 19.1. The SMILES string of the molecule is CC=C1CCC1.CCC(C)C.CCc1cccc(C/C(C)=C2\C(=O)Nc3cc(F)c(-c4ccc(-c5ccccc5C5CC5)cc4)cc32)c1. The van der Waals surface area contributed by atoms with Crippen LogP contribution in [0, 0.1) is 11.7 Å². The van der Waals surface area contributed by atoms with Crippen molar-refractivity contribution in [2.45, 2.75) is 98.8 Å². The largest absolute Gasteiger partial charge is 0.321 e. The summed E-state index contributed by atoms with van der Waals surface area (Å²) in [6.07, 6.45) is 11.9. The van der Waals surface area contributed by atoms with Crippen LogP contribution in [-0.4, -0.2) is 5.91 Å². The third-order valence-corrected chi connectivity index (χ3v) is 9.85. The molecule has 4 aromatic rings. The molecule has 7 rings (SSSR count). The van der Waals surface area contributed by atoms with Crippen LogP contribution in [0.5, 0.6) is 0 Å². The zero-order valence-electron chi connectivity index (χ0n) is 29.8. The number of allylic oxidation sites excluding steroid dienone is 3. The van der Waals surface area contributed by atoms with E-state index in [1.54, 1.807) is 5.57 Å². The molecular formula is C45H52FNO. The molecule has 1 aliphatic heterocycles. The van der Waals surface area contributed by atoms with Crippen LogP contribution in [0.25, 0.3) is 27.8 Å². The molecule has 2 nitrogen and oxygen atoms in total. The molecule has 3 aliphatic rings. The van der Waals surface area contributed by atoms with Crippen LogP contribution in [0.1, 0.15) is 108 Å². The van der Waals surface area contributed by atoms with E-state index in [-0.39, 0.29) is 11.7 Å². The molecular weight excluding hydrogens is 589 g/mol. The van der Waals surface area contributed by atoms with Gasteiger partial charge in [-0.2, -0.15) is 0 Å². The standard InChI is InChI=1S/C34H30FNO.C6H10.C5H12/c1-3-22-7-6-8-23(18-22)17-21(2)33-30-19-29(31(35)20-32(30)36-34(33)37)26-15-13-25(14-16-26)28-10-5-4-9-27(28)24-11-12-24;1-2-6-4-3-5-6;1-4-5(2)3/h4-10,13-16,18-20,24H,3,11-12,17H2,1-2H3,(H,36,37);2H,3-5H2,1H3;5H,4H2,1-3H3/b33-21-;;. The van der Waals surface area contributed by atoms with Gasteiger partial charge in [-0.1, -0.05) is 124 Å². The normalized spacial score (nSPS) is 15.8. The van der Waals surface area contributed by atoms with Gasteiger partial charge in [-0.3, -0.25) is 4.79 Å². The first kappa shape index (κ1) is 35.1. The van der Waals surface area contributed by atoms with Crippen LogP contribution in [-0.2, 0) is 17.6 Å². The Bertz CT molecular complexity index is 1780. The number of carbonyl (C=O) groups is 1. The molecule has 250 valence electrons. The average Bonchev–Trinajstić information content (AvgIpc) is 3.87. The molecule has 0 unspecified atom stereocenters. The summed E-state index contributed by atoms with van der Waals surface area (Å²) in [6.45, 7) is 12.9. The van der Waals surface area contributed by atoms with E-state index in [4.69, 9.17) is 0 Å². The van der Waals surface area contributed by atoms with E-state index in [9.17, 15) is 4.79 Å². The number of hydrogen-bond acceptors (Lipinski definition) is 1. The predicted molar refractivity (Wildman–Crippen MR) is 203 cm³/mol. The summed E-state index contributed by atoms with van der Waals surface area (Å²) in [6, 6.07) is 28.5. The maximum atomic E-state index is 15.3. The first-order valence-electron chi connectivity index (χ1n) is 18.0. The molecule has 1 N–H and O–H groups in total. The number of aryl methyl sites for hydroxylation is 1. The van der Waals surface area contributed by atoms with E-state index < -0.39 is 0 Å². The zero-order chi connectivity index (χ0) is 34.2. The van der Waals surface area contributed by atoms with Gasteiger partial charge in [0.15, 0.2) is 0 Å². The van der Waals surface area contributed by atoms with Crippen molar-refractivity contribution < 1.29 is 9.18 Å². The number of hydrogen-bond donors (Lipinski definition) is 1. The zero-order valence-corrected chi connectivity index (χ0v) is 29.8. The van der Waals surface area contributed by atoms with Crippen molar-refractivity contribution >= 4 is 17.2 Å². The Morgan fingerprint density at radius 3 is 2.06 bits per heavy atom. The molecule has 0 radical (unpaired) electrons. The Labute approximate surface area is 288 Å². The van der Waals surface area contributed by atoms with Crippen LogP contribution >= 0.6 is 0 Å². The Kier molecular flexibility index (Phi) is 11.9. The van der Waals surface area contributed by atoms with Crippen LogP contribution in [0.2, 0.25) is 0 Å². The number of nitrogens with one attached hydrogen (secondary N) is 1. The van der Waals surface area contributed by atoms with E-state index in [0.29, 0.717) is 29.2 Å². The third-order valence-electron chi connectivity index (χ3n) is 9.85. The molecule has 1 heterocycles. The third kappa shape index (κ3) is 8.61. The van der Waals surface area contributed by atoms with Gasteiger partial charge < -0.3 is 5.32 Å². The van der Waals surface area contributed by atoms with Gasteiger partial charge in [0.2, 0.25) is 0 Å². The van der Waals surface area contributed by atoms with Gasteiger partial charge in [-0.05, 0) is 116 Å². The molecule has 0 atom stereocenters. The fourth-order valence-electron chi connectivity index (χ4n) is 6.20. The molecule has 2 aliphatic carbocycles. The summed E-state index contributed by atoms with van der Waals surface area (Å²) < 4.78 is 15.3. The van der Waals surface area contributed by atoms with E-state index in [1.807, 2.05) is 25.1 Å². The van der Waals surface area contributed by atoms with Crippen LogP contribution < -0.4 is 5.32 Å². The predicted octanol–water partition coefficient (Wildman–Crippen LogP) is 12.7.